The molecule has 1 amide bonds. The number of benzene rings is 3. The van der Waals surface area contributed by atoms with Crippen molar-refractivity contribution in [1.29, 1.82) is 0 Å². The van der Waals surface area contributed by atoms with Crippen molar-refractivity contribution >= 4 is 17.4 Å². The summed E-state index contributed by atoms with van der Waals surface area (Å²) >= 11 is 0. The first-order valence-corrected chi connectivity index (χ1v) is 14.0. The number of aliphatic hydroxyl groups excluding tert-OH is 1. The van der Waals surface area contributed by atoms with E-state index in [0.717, 1.165) is 26.1 Å². The molecule has 7 nitrogen and oxygen atoms in total. The summed E-state index contributed by atoms with van der Waals surface area (Å²) in [6.45, 7) is 9.84. The number of carbonyl (C=O) groups excluding carboxylic acids is 2. The summed E-state index contributed by atoms with van der Waals surface area (Å²) in [6.07, 6.45) is 1.58. The third-order valence-corrected chi connectivity index (χ3v) is 7.06. The summed E-state index contributed by atoms with van der Waals surface area (Å²) < 4.78 is 11.7. The standard InChI is InChI=1S/C33H38N2O5/c1-4-22-39-26-18-16-24(17-19-26)31(36)29-30(35(33(38)32(29)37)21-11-20-34(5-2)6-3)25-12-10-15-28(23-25)40-27-13-8-7-9-14-27/h7-10,12-19,23,30,36H,4-6,11,20-22H2,1-3H3/b31-29-. The Morgan fingerprint density at radius 2 is 1.57 bits per heavy atom. The van der Waals surface area contributed by atoms with E-state index in [0.29, 0.717) is 47.9 Å². The Hall–Kier alpha value is -4.10. The van der Waals surface area contributed by atoms with Gasteiger partial charge in [0.25, 0.3) is 11.7 Å². The molecular weight excluding hydrogens is 504 g/mol. The molecule has 1 fully saturated rings. The molecule has 1 unspecified atom stereocenters. The molecule has 1 heterocycles. The second-order valence-electron chi connectivity index (χ2n) is 9.73. The number of hydrogen-bond donors (Lipinski definition) is 1. The van der Waals surface area contributed by atoms with Crippen molar-refractivity contribution in [2.24, 2.45) is 0 Å². The highest BCUT2D eigenvalue weighted by atomic mass is 16.5. The minimum absolute atomic E-state index is 0.0759. The van der Waals surface area contributed by atoms with Gasteiger partial charge in [0.2, 0.25) is 0 Å². The number of aliphatic hydroxyl groups is 1. The third kappa shape index (κ3) is 6.72. The van der Waals surface area contributed by atoms with Crippen molar-refractivity contribution < 1.29 is 24.2 Å². The molecule has 4 rings (SSSR count). The summed E-state index contributed by atoms with van der Waals surface area (Å²) in [6, 6.07) is 23.0. The maximum absolute atomic E-state index is 13.4. The number of para-hydroxylation sites is 1. The lowest BCUT2D eigenvalue weighted by molar-refractivity contribution is -0.140. The Morgan fingerprint density at radius 1 is 0.875 bits per heavy atom. The highest BCUT2D eigenvalue weighted by Gasteiger charge is 2.46. The zero-order valence-electron chi connectivity index (χ0n) is 23.5. The van der Waals surface area contributed by atoms with E-state index in [9.17, 15) is 14.7 Å². The first-order valence-electron chi connectivity index (χ1n) is 14.0. The van der Waals surface area contributed by atoms with E-state index >= 15 is 0 Å². The van der Waals surface area contributed by atoms with Crippen LogP contribution in [0.4, 0.5) is 0 Å². The van der Waals surface area contributed by atoms with Crippen LogP contribution < -0.4 is 9.47 Å². The lowest BCUT2D eigenvalue weighted by atomic mass is 9.95. The van der Waals surface area contributed by atoms with Crippen LogP contribution in [0.3, 0.4) is 0 Å². The minimum Gasteiger partial charge on any atom is -0.507 e. The lowest BCUT2D eigenvalue weighted by Gasteiger charge is -2.27. The molecule has 0 aromatic heterocycles. The summed E-state index contributed by atoms with van der Waals surface area (Å²) in [5.41, 5.74) is 1.22. The van der Waals surface area contributed by atoms with Crippen LogP contribution in [0.2, 0.25) is 0 Å². The second-order valence-corrected chi connectivity index (χ2v) is 9.73. The van der Waals surface area contributed by atoms with Crippen LogP contribution in [0.25, 0.3) is 5.76 Å². The lowest BCUT2D eigenvalue weighted by Crippen LogP contribution is -2.33. The van der Waals surface area contributed by atoms with E-state index in [1.165, 1.54) is 0 Å². The van der Waals surface area contributed by atoms with Crippen LogP contribution >= 0.6 is 0 Å². The summed E-state index contributed by atoms with van der Waals surface area (Å²) in [7, 11) is 0. The van der Waals surface area contributed by atoms with Gasteiger partial charge < -0.3 is 24.4 Å². The zero-order chi connectivity index (χ0) is 28.5. The number of amides is 1. The van der Waals surface area contributed by atoms with E-state index in [2.05, 4.69) is 18.7 Å². The van der Waals surface area contributed by atoms with Crippen LogP contribution in [-0.4, -0.2) is 59.4 Å². The predicted octanol–water partition coefficient (Wildman–Crippen LogP) is 6.42. The van der Waals surface area contributed by atoms with Crippen molar-refractivity contribution in [3.05, 3.63) is 95.6 Å². The average Bonchev–Trinajstić information content (AvgIpc) is 3.24. The van der Waals surface area contributed by atoms with Crippen molar-refractivity contribution in [3.8, 4) is 17.2 Å². The number of nitrogens with zero attached hydrogens (tertiary/aromatic N) is 2. The Morgan fingerprint density at radius 3 is 2.25 bits per heavy atom. The molecule has 3 aromatic rings. The number of likely N-dealkylation sites (tertiary alicyclic amines) is 1. The molecule has 3 aromatic carbocycles. The van der Waals surface area contributed by atoms with E-state index in [4.69, 9.17) is 9.47 Å². The average molecular weight is 543 g/mol. The van der Waals surface area contributed by atoms with Gasteiger partial charge in [-0.3, -0.25) is 9.59 Å². The molecule has 0 bridgehead atoms. The van der Waals surface area contributed by atoms with E-state index in [-0.39, 0.29) is 11.3 Å². The zero-order valence-corrected chi connectivity index (χ0v) is 23.5. The number of carbonyl (C=O) groups is 2. The SMILES string of the molecule is CCCOc1ccc(/C(O)=C2/C(=O)C(=O)N(CCCN(CC)CC)C2c2cccc(Oc3ccccc3)c2)cc1. The summed E-state index contributed by atoms with van der Waals surface area (Å²) in [5, 5.41) is 11.4. The molecule has 1 N–H and O–H groups in total. The maximum atomic E-state index is 13.4. The molecule has 1 aliphatic rings. The van der Waals surface area contributed by atoms with Crippen molar-refractivity contribution in [2.45, 2.75) is 39.7 Å². The van der Waals surface area contributed by atoms with Gasteiger partial charge in [-0.05, 0) is 86.6 Å². The summed E-state index contributed by atoms with van der Waals surface area (Å²) in [4.78, 5) is 30.7. The van der Waals surface area contributed by atoms with Gasteiger partial charge in [-0.1, -0.05) is 51.1 Å². The van der Waals surface area contributed by atoms with Crippen LogP contribution in [-0.2, 0) is 9.59 Å². The van der Waals surface area contributed by atoms with Gasteiger partial charge in [0.05, 0.1) is 18.2 Å². The Kier molecular flexibility index (Phi) is 9.97. The maximum Gasteiger partial charge on any atom is 0.295 e. The normalized spacial score (nSPS) is 16.5. The number of hydrogen-bond acceptors (Lipinski definition) is 6. The monoisotopic (exact) mass is 542 g/mol. The number of ether oxygens (including phenoxy) is 2. The molecule has 0 radical (unpaired) electrons. The van der Waals surface area contributed by atoms with Gasteiger partial charge in [-0.15, -0.1) is 0 Å². The van der Waals surface area contributed by atoms with Gasteiger partial charge in [-0.25, -0.2) is 0 Å². The van der Waals surface area contributed by atoms with Crippen LogP contribution in [0, 0.1) is 0 Å². The van der Waals surface area contributed by atoms with Crippen LogP contribution in [0.15, 0.2) is 84.4 Å². The largest absolute Gasteiger partial charge is 0.507 e. The van der Waals surface area contributed by atoms with E-state index < -0.39 is 17.7 Å². The predicted molar refractivity (Wildman–Crippen MR) is 157 cm³/mol. The molecule has 1 saturated heterocycles. The molecule has 0 saturated carbocycles. The van der Waals surface area contributed by atoms with Crippen molar-refractivity contribution in [1.82, 2.24) is 9.80 Å². The Labute approximate surface area is 236 Å². The number of rotatable bonds is 13. The smallest absolute Gasteiger partial charge is 0.295 e. The molecule has 210 valence electrons. The number of ketones is 1. The second kappa shape index (κ2) is 13.8. The molecular formula is C33H38N2O5. The quantitative estimate of drug-likeness (QED) is 0.153. The fraction of sp³-hybridized carbons (Fsp3) is 0.333. The first-order chi connectivity index (χ1) is 19.5. The van der Waals surface area contributed by atoms with Gasteiger partial charge in [0.1, 0.15) is 23.0 Å². The Balaban J connectivity index is 1.71. The van der Waals surface area contributed by atoms with Gasteiger partial charge in [-0.2, -0.15) is 0 Å². The van der Waals surface area contributed by atoms with Crippen LogP contribution in [0.5, 0.6) is 17.2 Å². The van der Waals surface area contributed by atoms with Crippen molar-refractivity contribution in [2.75, 3.05) is 32.8 Å². The summed E-state index contributed by atoms with van der Waals surface area (Å²) in [5.74, 6) is 0.436. The van der Waals surface area contributed by atoms with Gasteiger partial charge in [0, 0.05) is 12.1 Å². The molecule has 40 heavy (non-hydrogen) atoms. The number of Topliss-reactive ketones (excluding diaryl/α,β-unsaturated/α-hetero) is 1. The molecule has 1 atom stereocenters. The molecule has 0 spiro atoms. The minimum atomic E-state index is -0.743. The molecule has 7 heteroatoms. The topological polar surface area (TPSA) is 79.3 Å². The fourth-order valence-electron chi connectivity index (χ4n) is 4.92. The van der Waals surface area contributed by atoms with Crippen molar-refractivity contribution in [3.63, 3.8) is 0 Å². The van der Waals surface area contributed by atoms with Gasteiger partial charge in [0.15, 0.2) is 0 Å². The van der Waals surface area contributed by atoms with E-state index in [1.807, 2.05) is 61.5 Å². The first kappa shape index (κ1) is 28.9. The fourth-order valence-corrected chi connectivity index (χ4v) is 4.92. The van der Waals surface area contributed by atoms with Gasteiger partial charge >= 0.3 is 0 Å². The molecule has 1 aliphatic heterocycles. The highest BCUT2D eigenvalue weighted by molar-refractivity contribution is 6.46. The highest BCUT2D eigenvalue weighted by Crippen LogP contribution is 2.41. The Bertz CT molecular complexity index is 1320. The third-order valence-electron chi connectivity index (χ3n) is 7.06. The molecule has 0 aliphatic carbocycles. The van der Waals surface area contributed by atoms with E-state index in [1.54, 1.807) is 29.2 Å². The van der Waals surface area contributed by atoms with Crippen LogP contribution in [0.1, 0.15) is 50.8 Å².